The maximum Gasteiger partial charge on any atom is 0.330 e. The topological polar surface area (TPSA) is 37.3 Å². The first-order valence-electron chi connectivity index (χ1n) is 2.09. The van der Waals surface area contributed by atoms with Crippen molar-refractivity contribution in [3.8, 4) is 0 Å². The van der Waals surface area contributed by atoms with Gasteiger partial charge >= 0.3 is 5.97 Å². The molecule has 0 heterocycles. The average molecular weight is 148 g/mol. The van der Waals surface area contributed by atoms with Gasteiger partial charge in [-0.15, -0.1) is 0 Å². The zero-order chi connectivity index (χ0) is 5.86. The summed E-state index contributed by atoms with van der Waals surface area (Å²) in [4.78, 5) is 9.83. The van der Waals surface area contributed by atoms with Gasteiger partial charge in [0.05, 0.1) is 0 Å². The molecule has 2 nitrogen and oxygen atoms in total. The Morgan fingerprint density at radius 1 is 1.75 bits per heavy atom. The molecule has 0 aliphatic rings. The molecule has 0 atom stereocenters. The van der Waals surface area contributed by atoms with Crippen molar-refractivity contribution in [2.45, 2.75) is 13.3 Å². The van der Waals surface area contributed by atoms with Crippen molar-refractivity contribution < 1.29 is 31.6 Å². The summed E-state index contributed by atoms with van der Waals surface area (Å²) in [6.45, 7) is 5.03. The third-order valence-corrected chi connectivity index (χ3v) is 0.729. The maximum absolute atomic E-state index is 9.83. The van der Waals surface area contributed by atoms with E-state index in [1.165, 1.54) is 0 Å². The Hall–Kier alpha value is -0.0757. The molecule has 0 fully saturated rings. The third-order valence-electron chi connectivity index (χ3n) is 0.729. The fourth-order valence-corrected chi connectivity index (χ4v) is 0.151. The molecule has 0 saturated carbocycles. The molecule has 0 amide bonds. The number of carboxylic acids is 1. The van der Waals surface area contributed by atoms with E-state index >= 15 is 0 Å². The van der Waals surface area contributed by atoms with Crippen LogP contribution < -0.4 is 0 Å². The van der Waals surface area contributed by atoms with Crippen LogP contribution in [0.3, 0.4) is 0 Å². The van der Waals surface area contributed by atoms with Crippen molar-refractivity contribution in [1.82, 2.24) is 0 Å². The monoisotopic (exact) mass is 148 g/mol. The van der Waals surface area contributed by atoms with E-state index in [9.17, 15) is 4.79 Å². The standard InChI is InChI=1S/C5H8O2.Ti/c1-3-4(2)5(6)7;/h2-3H2,1H3,(H,6,7);. The van der Waals surface area contributed by atoms with E-state index in [2.05, 4.69) is 6.58 Å². The third kappa shape index (κ3) is 4.09. The van der Waals surface area contributed by atoms with Crippen molar-refractivity contribution in [2.24, 2.45) is 0 Å². The quantitative estimate of drug-likeness (QED) is 0.469. The van der Waals surface area contributed by atoms with Gasteiger partial charge in [0.1, 0.15) is 0 Å². The average Bonchev–Trinajstić information content (AvgIpc) is 1.65. The Morgan fingerprint density at radius 3 is 2.12 bits per heavy atom. The molecule has 0 aliphatic heterocycles. The van der Waals surface area contributed by atoms with Crippen molar-refractivity contribution in [3.05, 3.63) is 12.2 Å². The molecule has 3 heteroatoms. The Bertz CT molecular complexity index is 98.6. The summed E-state index contributed by atoms with van der Waals surface area (Å²) in [5.41, 5.74) is 0.264. The molecule has 1 N–H and O–H groups in total. The van der Waals surface area contributed by atoms with Crippen molar-refractivity contribution >= 4 is 5.97 Å². The zero-order valence-corrected chi connectivity index (χ0v) is 6.33. The summed E-state index contributed by atoms with van der Waals surface area (Å²) in [7, 11) is 0. The summed E-state index contributed by atoms with van der Waals surface area (Å²) in [5.74, 6) is -0.900. The smallest absolute Gasteiger partial charge is 0.330 e. The van der Waals surface area contributed by atoms with E-state index in [0.717, 1.165) is 0 Å². The molecule has 0 radical (unpaired) electrons. The van der Waals surface area contributed by atoms with Gasteiger partial charge in [-0.1, -0.05) is 13.5 Å². The van der Waals surface area contributed by atoms with E-state index in [4.69, 9.17) is 5.11 Å². The van der Waals surface area contributed by atoms with Crippen molar-refractivity contribution in [2.75, 3.05) is 0 Å². The number of rotatable bonds is 2. The Morgan fingerprint density at radius 2 is 2.12 bits per heavy atom. The first kappa shape index (κ1) is 10.8. The number of carbonyl (C=O) groups is 1. The predicted octanol–water partition coefficient (Wildman–Crippen LogP) is 1.03. The molecular weight excluding hydrogens is 140 g/mol. The van der Waals surface area contributed by atoms with Gasteiger partial charge in [0.25, 0.3) is 0 Å². The van der Waals surface area contributed by atoms with Gasteiger partial charge in [0, 0.05) is 27.3 Å². The largest absolute Gasteiger partial charge is 0.478 e. The van der Waals surface area contributed by atoms with Crippen LogP contribution in [0.25, 0.3) is 0 Å². The van der Waals surface area contributed by atoms with Gasteiger partial charge in [0.15, 0.2) is 0 Å². The molecule has 0 aliphatic carbocycles. The molecular formula is C5H8O2Ti. The first-order valence-corrected chi connectivity index (χ1v) is 2.09. The molecule has 0 aromatic rings. The van der Waals surface area contributed by atoms with Gasteiger partial charge in [-0.05, 0) is 6.42 Å². The molecule has 0 aromatic heterocycles. The maximum atomic E-state index is 9.83. The molecule has 0 spiro atoms. The number of aliphatic carboxylic acids is 1. The van der Waals surface area contributed by atoms with Crippen LogP contribution in [0, 0.1) is 0 Å². The van der Waals surface area contributed by atoms with Crippen LogP contribution in [0.5, 0.6) is 0 Å². The first-order chi connectivity index (χ1) is 3.18. The summed E-state index contributed by atoms with van der Waals surface area (Å²) in [5, 5.41) is 8.08. The number of hydrogen-bond acceptors (Lipinski definition) is 1. The van der Waals surface area contributed by atoms with Crippen molar-refractivity contribution in [3.63, 3.8) is 0 Å². The minimum Gasteiger partial charge on any atom is -0.478 e. The van der Waals surface area contributed by atoms with Crippen LogP contribution in [0.2, 0.25) is 0 Å². The van der Waals surface area contributed by atoms with E-state index in [1.54, 1.807) is 6.92 Å². The van der Waals surface area contributed by atoms with Crippen LogP contribution in [-0.4, -0.2) is 11.1 Å². The second-order valence-corrected chi connectivity index (χ2v) is 1.26. The number of carboxylic acid groups (broad SMARTS) is 1. The molecule has 0 bridgehead atoms. The fraction of sp³-hybridized carbons (Fsp3) is 0.400. The second-order valence-electron chi connectivity index (χ2n) is 1.26. The minimum absolute atomic E-state index is 0. The molecule has 0 rings (SSSR count). The van der Waals surface area contributed by atoms with Gasteiger partial charge in [-0.3, -0.25) is 0 Å². The van der Waals surface area contributed by atoms with E-state index in [1.807, 2.05) is 0 Å². The Labute approximate surface area is 63.5 Å². The Kier molecular flexibility index (Phi) is 6.86. The molecule has 0 aromatic carbocycles. The van der Waals surface area contributed by atoms with Gasteiger partial charge in [-0.25, -0.2) is 4.79 Å². The second kappa shape index (κ2) is 5.07. The van der Waals surface area contributed by atoms with Crippen LogP contribution in [0.4, 0.5) is 0 Å². The zero-order valence-electron chi connectivity index (χ0n) is 4.77. The Balaban J connectivity index is 0. The van der Waals surface area contributed by atoms with Crippen LogP contribution in [-0.2, 0) is 26.5 Å². The summed E-state index contributed by atoms with van der Waals surface area (Å²) >= 11 is 0. The van der Waals surface area contributed by atoms with Gasteiger partial charge < -0.3 is 5.11 Å². The van der Waals surface area contributed by atoms with Crippen LogP contribution >= 0.6 is 0 Å². The fourth-order valence-electron chi connectivity index (χ4n) is 0.151. The van der Waals surface area contributed by atoms with Gasteiger partial charge in [-0.2, -0.15) is 0 Å². The molecule has 0 unspecified atom stereocenters. The minimum atomic E-state index is -0.900. The molecule has 0 saturated heterocycles. The van der Waals surface area contributed by atoms with Crippen LogP contribution in [0.15, 0.2) is 12.2 Å². The van der Waals surface area contributed by atoms with Gasteiger partial charge in [0.2, 0.25) is 0 Å². The van der Waals surface area contributed by atoms with E-state index in [-0.39, 0.29) is 27.3 Å². The number of hydrogen-bond donors (Lipinski definition) is 1. The SMILES string of the molecule is C=C(CC)C(=O)O.[Ti]. The van der Waals surface area contributed by atoms with Crippen molar-refractivity contribution in [1.29, 1.82) is 0 Å². The summed E-state index contributed by atoms with van der Waals surface area (Å²) in [6.07, 6.45) is 0.523. The molecule has 44 valence electrons. The molecule has 8 heavy (non-hydrogen) atoms. The summed E-state index contributed by atoms with van der Waals surface area (Å²) < 4.78 is 0. The van der Waals surface area contributed by atoms with E-state index in [0.29, 0.717) is 6.42 Å². The van der Waals surface area contributed by atoms with Crippen LogP contribution in [0.1, 0.15) is 13.3 Å². The van der Waals surface area contributed by atoms with E-state index < -0.39 is 5.97 Å². The predicted molar refractivity (Wildman–Crippen MR) is 27.1 cm³/mol. The normalized spacial score (nSPS) is 7.12. The summed E-state index contributed by atoms with van der Waals surface area (Å²) in [6, 6.07) is 0.